The van der Waals surface area contributed by atoms with Gasteiger partial charge in [0, 0.05) is 4.88 Å². The average molecular weight is 413 g/mol. The maximum absolute atomic E-state index is 12.5. The molecule has 27 heavy (non-hydrogen) atoms. The van der Waals surface area contributed by atoms with E-state index in [1.165, 1.54) is 35.6 Å². The average Bonchev–Trinajstić information content (AvgIpc) is 3.11. The zero-order valence-electron chi connectivity index (χ0n) is 13.6. The van der Waals surface area contributed by atoms with E-state index in [-0.39, 0.29) is 5.75 Å². The van der Waals surface area contributed by atoms with Crippen LogP contribution >= 0.6 is 11.3 Å². The van der Waals surface area contributed by atoms with Crippen molar-refractivity contribution in [2.24, 2.45) is 5.73 Å². The van der Waals surface area contributed by atoms with Crippen molar-refractivity contribution in [3.05, 3.63) is 52.2 Å². The molecule has 144 valence electrons. The summed E-state index contributed by atoms with van der Waals surface area (Å²) in [6.45, 7) is 0. The van der Waals surface area contributed by atoms with E-state index in [0.717, 1.165) is 0 Å². The zero-order chi connectivity index (χ0) is 20.0. The third-order valence-corrected chi connectivity index (χ3v) is 4.59. The van der Waals surface area contributed by atoms with E-state index in [0.29, 0.717) is 16.7 Å². The highest BCUT2D eigenvalue weighted by Crippen LogP contribution is 2.22. The number of amides is 3. The molecule has 0 aliphatic rings. The Morgan fingerprint density at radius 1 is 1.19 bits per heavy atom. The van der Waals surface area contributed by atoms with Gasteiger partial charge in [-0.25, -0.2) is 4.79 Å². The molecule has 2 atom stereocenters. The number of urea groups is 1. The lowest BCUT2D eigenvalue weighted by molar-refractivity contribution is -0.125. The van der Waals surface area contributed by atoms with Crippen molar-refractivity contribution >= 4 is 40.0 Å². The summed E-state index contributed by atoms with van der Waals surface area (Å²) < 4.78 is 34.3. The predicted octanol–water partition coefficient (Wildman–Crippen LogP) is 0.696. The Kier molecular flexibility index (Phi) is 6.50. The van der Waals surface area contributed by atoms with E-state index in [2.05, 4.69) is 14.8 Å². The lowest BCUT2D eigenvalue weighted by atomic mass is 10.1. The van der Waals surface area contributed by atoms with Crippen LogP contribution in [-0.2, 0) is 20.0 Å². The van der Waals surface area contributed by atoms with Crippen LogP contribution in [0.4, 0.5) is 4.79 Å². The quantitative estimate of drug-likeness (QED) is 0.365. The molecule has 1 aromatic carbocycles. The van der Waals surface area contributed by atoms with Crippen LogP contribution in [0.2, 0.25) is 0 Å². The standard InChI is InChI=1S/C15H15N3O7S2/c16-15(21)18-13(12-2-1-7-26-12)14(20)17-11(8-19)9-3-5-10(6-4-9)25-27(22,23)24/h1-8,11,13H,(H,17,20)(H3,16,18,21)(H,22,23,24). The number of nitrogens with two attached hydrogens (primary N) is 1. The first-order chi connectivity index (χ1) is 12.7. The summed E-state index contributed by atoms with van der Waals surface area (Å²) >= 11 is 1.22. The van der Waals surface area contributed by atoms with Gasteiger partial charge in [-0.05, 0) is 29.1 Å². The summed E-state index contributed by atoms with van der Waals surface area (Å²) in [5.74, 6) is -0.837. The van der Waals surface area contributed by atoms with Crippen LogP contribution in [0.1, 0.15) is 22.5 Å². The van der Waals surface area contributed by atoms with Crippen LogP contribution in [0.5, 0.6) is 5.75 Å². The minimum absolute atomic E-state index is 0.177. The van der Waals surface area contributed by atoms with E-state index in [1.54, 1.807) is 17.5 Å². The van der Waals surface area contributed by atoms with Crippen LogP contribution in [0.25, 0.3) is 0 Å². The molecule has 0 fully saturated rings. The Morgan fingerprint density at radius 3 is 2.33 bits per heavy atom. The van der Waals surface area contributed by atoms with Crippen LogP contribution in [0.3, 0.4) is 0 Å². The molecule has 1 heterocycles. The van der Waals surface area contributed by atoms with Gasteiger partial charge in [0.1, 0.15) is 24.1 Å². The normalized spacial score (nSPS) is 13.2. The molecule has 0 aliphatic heterocycles. The monoisotopic (exact) mass is 413 g/mol. The smallest absolute Gasteiger partial charge is 0.362 e. The van der Waals surface area contributed by atoms with Gasteiger partial charge in [0.2, 0.25) is 5.91 Å². The third kappa shape index (κ3) is 6.06. The topological polar surface area (TPSA) is 165 Å². The van der Waals surface area contributed by atoms with Gasteiger partial charge in [0.25, 0.3) is 0 Å². The van der Waals surface area contributed by atoms with Crippen LogP contribution in [0, 0.1) is 0 Å². The number of benzene rings is 1. The molecule has 0 saturated heterocycles. The Labute approximate surface area is 158 Å². The van der Waals surface area contributed by atoms with Crippen LogP contribution < -0.4 is 20.6 Å². The number of carbonyl (C=O) groups is 3. The van der Waals surface area contributed by atoms with Crippen molar-refractivity contribution in [1.29, 1.82) is 0 Å². The molecular formula is C15H15N3O7S2. The molecule has 3 amide bonds. The summed E-state index contributed by atoms with van der Waals surface area (Å²) in [5, 5.41) is 6.48. The minimum atomic E-state index is -4.67. The minimum Gasteiger partial charge on any atom is -0.362 e. The highest BCUT2D eigenvalue weighted by molar-refractivity contribution is 7.81. The first-order valence-electron chi connectivity index (χ1n) is 7.31. The number of nitrogens with one attached hydrogen (secondary N) is 2. The maximum Gasteiger partial charge on any atom is 0.446 e. The fraction of sp³-hybridized carbons (Fsp3) is 0.133. The highest BCUT2D eigenvalue weighted by atomic mass is 32.3. The van der Waals surface area contributed by atoms with Gasteiger partial charge in [-0.1, -0.05) is 18.2 Å². The Hall–Kier alpha value is -2.96. The molecule has 1 aromatic heterocycles. The van der Waals surface area contributed by atoms with E-state index in [4.69, 9.17) is 10.3 Å². The molecule has 10 nitrogen and oxygen atoms in total. The summed E-state index contributed by atoms with van der Waals surface area (Å²) in [7, 11) is -4.67. The molecule has 0 aliphatic carbocycles. The highest BCUT2D eigenvalue weighted by Gasteiger charge is 2.25. The lowest BCUT2D eigenvalue weighted by Gasteiger charge is -2.19. The molecule has 2 aromatic rings. The molecule has 2 unspecified atom stereocenters. The molecule has 0 radical (unpaired) electrons. The van der Waals surface area contributed by atoms with Crippen molar-refractivity contribution in [3.8, 4) is 5.75 Å². The van der Waals surface area contributed by atoms with E-state index >= 15 is 0 Å². The van der Waals surface area contributed by atoms with Gasteiger partial charge in [0.05, 0.1) is 0 Å². The van der Waals surface area contributed by atoms with Gasteiger partial charge >= 0.3 is 16.4 Å². The summed E-state index contributed by atoms with van der Waals surface area (Å²) in [6, 6.07) is 5.33. The number of aldehydes is 1. The van der Waals surface area contributed by atoms with Gasteiger partial charge in [-0.15, -0.1) is 11.3 Å². The molecule has 0 spiro atoms. The molecule has 0 bridgehead atoms. The number of hydrogen-bond acceptors (Lipinski definition) is 7. The molecular weight excluding hydrogens is 398 g/mol. The van der Waals surface area contributed by atoms with Crippen molar-refractivity contribution in [3.63, 3.8) is 0 Å². The second-order valence-electron chi connectivity index (χ2n) is 5.16. The number of primary amides is 1. The number of thiophene rings is 1. The molecule has 2 rings (SSSR count). The SMILES string of the molecule is NC(=O)NC(C(=O)NC(C=O)c1ccc(OS(=O)(=O)O)cc1)c1cccs1. The number of rotatable bonds is 8. The van der Waals surface area contributed by atoms with Crippen LogP contribution in [0.15, 0.2) is 41.8 Å². The fourth-order valence-electron chi connectivity index (χ4n) is 2.15. The van der Waals surface area contributed by atoms with Crippen molar-refractivity contribution < 1.29 is 31.5 Å². The second-order valence-corrected chi connectivity index (χ2v) is 7.16. The predicted molar refractivity (Wildman–Crippen MR) is 95.3 cm³/mol. The molecule has 0 saturated carbocycles. The van der Waals surface area contributed by atoms with E-state index < -0.39 is 34.4 Å². The summed E-state index contributed by atoms with van der Waals surface area (Å²) in [6.07, 6.45) is 0.465. The van der Waals surface area contributed by atoms with Gasteiger partial charge in [-0.2, -0.15) is 8.42 Å². The molecule has 12 heteroatoms. The van der Waals surface area contributed by atoms with Gasteiger partial charge in [0.15, 0.2) is 0 Å². The second kappa shape index (κ2) is 8.62. The van der Waals surface area contributed by atoms with Gasteiger partial charge < -0.3 is 25.3 Å². The zero-order valence-corrected chi connectivity index (χ0v) is 15.2. The number of hydrogen-bond donors (Lipinski definition) is 4. The van der Waals surface area contributed by atoms with Gasteiger partial charge in [-0.3, -0.25) is 9.35 Å². The maximum atomic E-state index is 12.5. The molecule has 5 N–H and O–H groups in total. The largest absolute Gasteiger partial charge is 0.446 e. The van der Waals surface area contributed by atoms with Crippen LogP contribution in [-0.4, -0.2) is 31.2 Å². The third-order valence-electron chi connectivity index (χ3n) is 3.25. The summed E-state index contributed by atoms with van der Waals surface area (Å²) in [4.78, 5) is 35.6. The first kappa shape index (κ1) is 20.4. The Balaban J connectivity index is 2.16. The van der Waals surface area contributed by atoms with E-state index in [9.17, 15) is 22.8 Å². The lowest BCUT2D eigenvalue weighted by Crippen LogP contribution is -2.43. The van der Waals surface area contributed by atoms with Crippen molar-refractivity contribution in [2.75, 3.05) is 0 Å². The number of carbonyl (C=O) groups excluding carboxylic acids is 3. The van der Waals surface area contributed by atoms with E-state index in [1.807, 2.05) is 0 Å². The van der Waals surface area contributed by atoms with Crippen molar-refractivity contribution in [1.82, 2.24) is 10.6 Å². The summed E-state index contributed by atoms with van der Waals surface area (Å²) in [5.41, 5.74) is 5.42. The fourth-order valence-corrected chi connectivity index (χ4v) is 3.28. The Morgan fingerprint density at radius 2 is 1.85 bits per heavy atom. The van der Waals surface area contributed by atoms with Crippen molar-refractivity contribution in [2.45, 2.75) is 12.1 Å². The first-order valence-corrected chi connectivity index (χ1v) is 9.56. The Bertz CT molecular complexity index is 911.